The Kier molecular flexibility index (Phi) is 3.97. The average Bonchev–Trinajstić information content (AvgIpc) is 2.73. The number of benzene rings is 1. The number of aryl methyl sites for hydroxylation is 1. The minimum atomic E-state index is -3.85. The van der Waals surface area contributed by atoms with Crippen LogP contribution in [0.4, 0.5) is 11.4 Å². The molecule has 0 fully saturated rings. The van der Waals surface area contributed by atoms with Crippen LogP contribution in [0.15, 0.2) is 24.3 Å². The van der Waals surface area contributed by atoms with E-state index in [0.29, 0.717) is 16.3 Å². The van der Waals surface area contributed by atoms with E-state index in [9.17, 15) is 13.2 Å². The van der Waals surface area contributed by atoms with Crippen LogP contribution in [0.3, 0.4) is 0 Å². The summed E-state index contributed by atoms with van der Waals surface area (Å²) in [6.07, 6.45) is 0. The largest absolute Gasteiger partial charge is 0.321 e. The Labute approximate surface area is 119 Å². The number of rotatable bonds is 4. The number of amides is 1. The second kappa shape index (κ2) is 5.53. The molecule has 0 bridgehead atoms. The van der Waals surface area contributed by atoms with Crippen LogP contribution in [-0.2, 0) is 10.2 Å². The molecule has 8 nitrogen and oxygen atoms in total. The van der Waals surface area contributed by atoms with Crippen molar-refractivity contribution in [3.63, 3.8) is 0 Å². The van der Waals surface area contributed by atoms with Crippen molar-refractivity contribution < 1.29 is 13.2 Å². The third kappa shape index (κ3) is 3.73. The van der Waals surface area contributed by atoms with Crippen molar-refractivity contribution >= 4 is 39.0 Å². The number of anilines is 2. The van der Waals surface area contributed by atoms with E-state index >= 15 is 0 Å². The summed E-state index contributed by atoms with van der Waals surface area (Å²) in [4.78, 5) is 12.3. The highest BCUT2D eigenvalue weighted by Gasteiger charge is 2.13. The lowest BCUT2D eigenvalue weighted by molar-refractivity contribution is 0.103. The maximum atomic E-state index is 11.9. The first-order valence-electron chi connectivity index (χ1n) is 5.36. The Balaban J connectivity index is 2.16. The van der Waals surface area contributed by atoms with Gasteiger partial charge < -0.3 is 5.32 Å². The van der Waals surface area contributed by atoms with Crippen molar-refractivity contribution in [1.29, 1.82) is 0 Å². The third-order valence-corrected chi connectivity index (χ3v) is 3.59. The number of hydrogen-bond acceptors (Lipinski definition) is 6. The van der Waals surface area contributed by atoms with Crippen LogP contribution in [0.25, 0.3) is 0 Å². The monoisotopic (exact) mass is 313 g/mol. The molecule has 106 valence electrons. The Morgan fingerprint density at radius 1 is 1.35 bits per heavy atom. The van der Waals surface area contributed by atoms with Crippen LogP contribution < -0.4 is 15.2 Å². The molecule has 2 rings (SSSR count). The smallest absolute Gasteiger partial charge is 0.296 e. The molecule has 1 heterocycles. The maximum Gasteiger partial charge on any atom is 0.296 e. The predicted octanol–water partition coefficient (Wildman–Crippen LogP) is 0.714. The van der Waals surface area contributed by atoms with Crippen molar-refractivity contribution in [3.8, 4) is 0 Å². The summed E-state index contributed by atoms with van der Waals surface area (Å²) < 4.78 is 27.7. The molecule has 4 N–H and O–H groups in total. The minimum absolute atomic E-state index is 0.254. The fourth-order valence-corrected chi connectivity index (χ4v) is 2.46. The Bertz CT molecular complexity index is 741. The Morgan fingerprint density at radius 2 is 2.05 bits per heavy atom. The van der Waals surface area contributed by atoms with Crippen LogP contribution in [0.2, 0.25) is 0 Å². The highest BCUT2D eigenvalue weighted by atomic mass is 32.2. The molecule has 0 spiro atoms. The van der Waals surface area contributed by atoms with E-state index in [0.717, 1.165) is 11.5 Å². The number of aromatic nitrogens is 2. The van der Waals surface area contributed by atoms with Gasteiger partial charge in [-0.15, -0.1) is 5.10 Å². The molecule has 0 unspecified atom stereocenters. The van der Waals surface area contributed by atoms with Crippen LogP contribution in [-0.4, -0.2) is 23.9 Å². The molecular formula is C10H11N5O3S2. The van der Waals surface area contributed by atoms with E-state index in [2.05, 4.69) is 19.6 Å². The summed E-state index contributed by atoms with van der Waals surface area (Å²) in [6.45, 7) is 1.68. The van der Waals surface area contributed by atoms with Gasteiger partial charge in [-0.1, -0.05) is 10.6 Å². The summed E-state index contributed by atoms with van der Waals surface area (Å²) in [5.74, 6) is -0.356. The Morgan fingerprint density at radius 3 is 2.65 bits per heavy atom. The van der Waals surface area contributed by atoms with E-state index in [-0.39, 0.29) is 11.6 Å². The minimum Gasteiger partial charge on any atom is -0.321 e. The van der Waals surface area contributed by atoms with Crippen LogP contribution >= 0.6 is 11.5 Å². The fourth-order valence-electron chi connectivity index (χ4n) is 1.45. The van der Waals surface area contributed by atoms with E-state index in [1.165, 1.54) is 12.1 Å². The predicted molar refractivity (Wildman–Crippen MR) is 75.8 cm³/mol. The summed E-state index contributed by atoms with van der Waals surface area (Å²) in [7, 11) is -3.85. The molecular weight excluding hydrogens is 302 g/mol. The van der Waals surface area contributed by atoms with Gasteiger partial charge in [0.1, 0.15) is 4.88 Å². The number of nitrogens with one attached hydrogen (secondary N) is 2. The number of nitrogens with two attached hydrogens (primary N) is 1. The van der Waals surface area contributed by atoms with Gasteiger partial charge in [-0.3, -0.25) is 9.52 Å². The molecule has 1 amide bonds. The standard InChI is InChI=1S/C10H11N5O3S2/c1-6-9(19-15-13-6)10(16)12-7-3-2-4-8(5-7)14-20(11,17)18/h2-5,14H,1H3,(H,12,16)(H2,11,17,18). The molecule has 1 aromatic heterocycles. The van der Waals surface area contributed by atoms with Crippen molar-refractivity contribution in [2.24, 2.45) is 5.14 Å². The summed E-state index contributed by atoms with van der Waals surface area (Å²) in [5.41, 5.74) is 1.22. The first-order chi connectivity index (χ1) is 9.35. The second-order valence-corrected chi connectivity index (χ2v) is 5.92. The van der Waals surface area contributed by atoms with Gasteiger partial charge >= 0.3 is 0 Å². The topological polar surface area (TPSA) is 127 Å². The number of nitrogens with zero attached hydrogens (tertiary/aromatic N) is 2. The van der Waals surface area contributed by atoms with E-state index in [1.807, 2.05) is 0 Å². The number of carbonyl (C=O) groups is 1. The lowest BCUT2D eigenvalue weighted by Gasteiger charge is -2.07. The zero-order valence-electron chi connectivity index (χ0n) is 10.3. The molecule has 1 aromatic carbocycles. The molecule has 10 heteroatoms. The SMILES string of the molecule is Cc1nnsc1C(=O)Nc1cccc(NS(N)(=O)=O)c1. The van der Waals surface area contributed by atoms with E-state index < -0.39 is 10.2 Å². The van der Waals surface area contributed by atoms with Gasteiger partial charge in [0, 0.05) is 5.69 Å². The lowest BCUT2D eigenvalue weighted by atomic mass is 10.2. The van der Waals surface area contributed by atoms with E-state index in [1.54, 1.807) is 19.1 Å². The highest BCUT2D eigenvalue weighted by Crippen LogP contribution is 2.18. The van der Waals surface area contributed by atoms with Crippen molar-refractivity contribution in [2.45, 2.75) is 6.92 Å². The van der Waals surface area contributed by atoms with Crippen LogP contribution in [0.5, 0.6) is 0 Å². The number of hydrogen-bond donors (Lipinski definition) is 3. The van der Waals surface area contributed by atoms with Crippen molar-refractivity contribution in [2.75, 3.05) is 10.0 Å². The summed E-state index contributed by atoms with van der Waals surface area (Å²) in [6, 6.07) is 6.17. The van der Waals surface area contributed by atoms with Gasteiger partial charge in [0.2, 0.25) is 0 Å². The first kappa shape index (κ1) is 14.4. The maximum absolute atomic E-state index is 11.9. The molecule has 0 radical (unpaired) electrons. The molecule has 0 aliphatic heterocycles. The zero-order valence-corrected chi connectivity index (χ0v) is 12.0. The molecule has 0 aliphatic rings. The summed E-state index contributed by atoms with van der Waals surface area (Å²) >= 11 is 0.986. The van der Waals surface area contributed by atoms with Gasteiger partial charge in [-0.05, 0) is 36.7 Å². The summed E-state index contributed by atoms with van der Waals surface area (Å²) in [5, 5.41) is 11.2. The third-order valence-electron chi connectivity index (χ3n) is 2.24. The van der Waals surface area contributed by atoms with Crippen molar-refractivity contribution in [3.05, 3.63) is 34.8 Å². The molecule has 20 heavy (non-hydrogen) atoms. The average molecular weight is 313 g/mol. The van der Waals surface area contributed by atoms with Gasteiger partial charge in [0.25, 0.3) is 16.1 Å². The lowest BCUT2D eigenvalue weighted by Crippen LogP contribution is -2.21. The first-order valence-corrected chi connectivity index (χ1v) is 7.68. The van der Waals surface area contributed by atoms with Gasteiger partial charge in [-0.25, -0.2) is 5.14 Å². The fraction of sp³-hybridized carbons (Fsp3) is 0.100. The molecule has 2 aromatic rings. The second-order valence-electron chi connectivity index (χ2n) is 3.87. The molecule has 0 saturated heterocycles. The van der Waals surface area contributed by atoms with Crippen LogP contribution in [0.1, 0.15) is 15.4 Å². The normalized spacial score (nSPS) is 11.1. The van der Waals surface area contributed by atoms with Crippen molar-refractivity contribution in [1.82, 2.24) is 9.59 Å². The zero-order chi connectivity index (χ0) is 14.8. The molecule has 0 atom stereocenters. The van der Waals surface area contributed by atoms with Gasteiger partial charge in [0.15, 0.2) is 0 Å². The highest BCUT2D eigenvalue weighted by molar-refractivity contribution is 7.90. The quantitative estimate of drug-likeness (QED) is 0.766. The molecule has 0 aliphatic carbocycles. The molecule has 0 saturated carbocycles. The number of carbonyl (C=O) groups excluding carboxylic acids is 1. The van der Waals surface area contributed by atoms with Gasteiger partial charge in [0.05, 0.1) is 11.4 Å². The van der Waals surface area contributed by atoms with Gasteiger partial charge in [-0.2, -0.15) is 8.42 Å². The van der Waals surface area contributed by atoms with E-state index in [4.69, 9.17) is 5.14 Å². The van der Waals surface area contributed by atoms with Crippen LogP contribution in [0, 0.1) is 6.92 Å². The Hall–Kier alpha value is -2.04.